The van der Waals surface area contributed by atoms with Gasteiger partial charge in [0.15, 0.2) is 0 Å². The van der Waals surface area contributed by atoms with Crippen LogP contribution in [0.4, 0.5) is 0 Å². The van der Waals surface area contributed by atoms with E-state index in [0.29, 0.717) is 11.6 Å². The molecule has 1 fully saturated rings. The van der Waals surface area contributed by atoms with Gasteiger partial charge in [0.25, 0.3) is 0 Å². The maximum Gasteiger partial charge on any atom is 0.0330 e. The lowest BCUT2D eigenvalue weighted by Crippen LogP contribution is -2.57. The molecule has 1 aliphatic rings. The molecule has 1 rings (SSSR count). The molecule has 0 amide bonds. The molecule has 3 nitrogen and oxygen atoms in total. The van der Waals surface area contributed by atoms with Crippen molar-refractivity contribution in [3.05, 3.63) is 0 Å². The summed E-state index contributed by atoms with van der Waals surface area (Å²) in [6.45, 7) is 4.34. The summed E-state index contributed by atoms with van der Waals surface area (Å²) >= 11 is 0. The van der Waals surface area contributed by atoms with Gasteiger partial charge in [0.1, 0.15) is 0 Å². The summed E-state index contributed by atoms with van der Waals surface area (Å²) < 4.78 is 0. The molecule has 0 bridgehead atoms. The molecule has 1 saturated carbocycles. The molecule has 0 heterocycles. The topological polar surface area (TPSA) is 32.5 Å². The van der Waals surface area contributed by atoms with Gasteiger partial charge in [0.2, 0.25) is 0 Å². The van der Waals surface area contributed by atoms with Gasteiger partial charge in [0, 0.05) is 24.7 Å². The lowest BCUT2D eigenvalue weighted by Gasteiger charge is -2.49. The zero-order valence-electron chi connectivity index (χ0n) is 10.8. The summed E-state index contributed by atoms with van der Waals surface area (Å²) in [6.07, 6.45) is 5.13. The van der Waals surface area contributed by atoms with Gasteiger partial charge in [-0.1, -0.05) is 6.92 Å². The lowest BCUT2D eigenvalue weighted by atomic mass is 9.75. The number of nitrogens with zero attached hydrogens (tertiary/aromatic N) is 2. The van der Waals surface area contributed by atoms with Crippen molar-refractivity contribution in [2.24, 2.45) is 5.73 Å². The van der Waals surface area contributed by atoms with Crippen LogP contribution in [0.25, 0.3) is 0 Å². The Morgan fingerprint density at radius 2 is 1.87 bits per heavy atom. The standard InChI is InChI=1S/C12H27N3/c1-5-11(13)9-15(4)10-12(14(2)3)7-6-8-12/h11H,5-10,13H2,1-4H3. The molecule has 2 N–H and O–H groups in total. The molecule has 0 aromatic heterocycles. The summed E-state index contributed by atoms with van der Waals surface area (Å²) in [5, 5.41) is 0. The van der Waals surface area contributed by atoms with Crippen LogP contribution in [-0.2, 0) is 0 Å². The third-order valence-electron chi connectivity index (χ3n) is 3.87. The van der Waals surface area contributed by atoms with Crippen molar-refractivity contribution in [1.82, 2.24) is 9.80 Å². The van der Waals surface area contributed by atoms with Crippen molar-refractivity contribution in [3.63, 3.8) is 0 Å². The van der Waals surface area contributed by atoms with Gasteiger partial charge < -0.3 is 15.5 Å². The van der Waals surface area contributed by atoms with Crippen molar-refractivity contribution in [2.45, 2.75) is 44.2 Å². The van der Waals surface area contributed by atoms with Gasteiger partial charge in [0.05, 0.1) is 0 Å². The molecule has 0 saturated heterocycles. The van der Waals surface area contributed by atoms with Crippen LogP contribution in [0, 0.1) is 0 Å². The molecule has 0 aromatic rings. The average Bonchev–Trinajstić information content (AvgIpc) is 2.10. The van der Waals surface area contributed by atoms with Crippen molar-refractivity contribution in [1.29, 1.82) is 0 Å². The Kier molecular flexibility index (Phi) is 4.56. The number of rotatable bonds is 6. The average molecular weight is 213 g/mol. The fourth-order valence-corrected chi connectivity index (χ4v) is 2.43. The van der Waals surface area contributed by atoms with Crippen LogP contribution in [0.5, 0.6) is 0 Å². The highest BCUT2D eigenvalue weighted by atomic mass is 15.2. The van der Waals surface area contributed by atoms with E-state index in [4.69, 9.17) is 5.73 Å². The first-order valence-electron chi connectivity index (χ1n) is 6.12. The SMILES string of the molecule is CCC(N)CN(C)CC1(N(C)C)CCC1. The molecule has 15 heavy (non-hydrogen) atoms. The van der Waals surface area contributed by atoms with E-state index in [9.17, 15) is 0 Å². The lowest BCUT2D eigenvalue weighted by molar-refractivity contribution is 0.0265. The van der Waals surface area contributed by atoms with Crippen molar-refractivity contribution >= 4 is 0 Å². The molecular weight excluding hydrogens is 186 g/mol. The second-order valence-corrected chi connectivity index (χ2v) is 5.34. The fraction of sp³-hybridized carbons (Fsp3) is 1.00. The minimum absolute atomic E-state index is 0.328. The minimum atomic E-state index is 0.328. The Labute approximate surface area is 94.6 Å². The summed E-state index contributed by atoms with van der Waals surface area (Å²) in [7, 11) is 6.60. The van der Waals surface area contributed by atoms with Gasteiger partial charge in [-0.15, -0.1) is 0 Å². The van der Waals surface area contributed by atoms with Crippen LogP contribution in [0.15, 0.2) is 0 Å². The number of likely N-dealkylation sites (N-methyl/N-ethyl adjacent to an activating group) is 2. The smallest absolute Gasteiger partial charge is 0.0330 e. The van der Waals surface area contributed by atoms with Gasteiger partial charge in [-0.05, 0) is 46.8 Å². The summed E-state index contributed by atoms with van der Waals surface area (Å²) in [5.74, 6) is 0. The minimum Gasteiger partial charge on any atom is -0.327 e. The predicted octanol–water partition coefficient (Wildman–Crippen LogP) is 1.14. The highest BCUT2D eigenvalue weighted by molar-refractivity contribution is 4.98. The Morgan fingerprint density at radius 1 is 1.27 bits per heavy atom. The Bertz CT molecular complexity index is 187. The quantitative estimate of drug-likeness (QED) is 0.718. The number of nitrogens with two attached hydrogens (primary N) is 1. The van der Waals surface area contributed by atoms with E-state index in [2.05, 4.69) is 37.9 Å². The van der Waals surface area contributed by atoms with Gasteiger partial charge in [-0.25, -0.2) is 0 Å². The van der Waals surface area contributed by atoms with Gasteiger partial charge >= 0.3 is 0 Å². The second kappa shape index (κ2) is 5.28. The van der Waals surface area contributed by atoms with Crippen LogP contribution in [0.1, 0.15) is 32.6 Å². The fourth-order valence-electron chi connectivity index (χ4n) is 2.43. The highest BCUT2D eigenvalue weighted by Crippen LogP contribution is 2.36. The molecule has 3 heteroatoms. The molecule has 0 aromatic carbocycles. The Morgan fingerprint density at radius 3 is 2.20 bits per heavy atom. The van der Waals surface area contributed by atoms with Crippen LogP contribution in [-0.4, -0.2) is 55.6 Å². The van der Waals surface area contributed by atoms with E-state index >= 15 is 0 Å². The number of hydrogen-bond donors (Lipinski definition) is 1. The van der Waals surface area contributed by atoms with E-state index in [1.807, 2.05) is 0 Å². The number of hydrogen-bond acceptors (Lipinski definition) is 3. The van der Waals surface area contributed by atoms with E-state index in [-0.39, 0.29) is 0 Å². The molecular formula is C12H27N3. The zero-order valence-corrected chi connectivity index (χ0v) is 10.8. The first-order chi connectivity index (χ1) is 7.00. The maximum absolute atomic E-state index is 5.97. The third kappa shape index (κ3) is 3.16. The first-order valence-corrected chi connectivity index (χ1v) is 6.12. The molecule has 1 atom stereocenters. The zero-order chi connectivity index (χ0) is 11.5. The molecule has 0 aliphatic heterocycles. The van der Waals surface area contributed by atoms with E-state index < -0.39 is 0 Å². The molecule has 90 valence electrons. The largest absolute Gasteiger partial charge is 0.327 e. The Hall–Kier alpha value is -0.120. The summed E-state index contributed by atoms with van der Waals surface area (Å²) in [6, 6.07) is 0.328. The normalized spacial score (nSPS) is 21.8. The molecule has 0 radical (unpaired) electrons. The van der Waals surface area contributed by atoms with Crippen molar-refractivity contribution in [3.8, 4) is 0 Å². The second-order valence-electron chi connectivity index (χ2n) is 5.34. The van der Waals surface area contributed by atoms with Crippen molar-refractivity contribution < 1.29 is 0 Å². The van der Waals surface area contributed by atoms with Crippen LogP contribution < -0.4 is 5.73 Å². The van der Waals surface area contributed by atoms with E-state index in [1.54, 1.807) is 0 Å². The van der Waals surface area contributed by atoms with Crippen LogP contribution in [0.3, 0.4) is 0 Å². The summed E-state index contributed by atoms with van der Waals surface area (Å²) in [5.41, 5.74) is 6.41. The van der Waals surface area contributed by atoms with E-state index in [1.165, 1.54) is 19.3 Å². The Balaban J connectivity index is 2.38. The van der Waals surface area contributed by atoms with Gasteiger partial charge in [-0.3, -0.25) is 0 Å². The van der Waals surface area contributed by atoms with Crippen LogP contribution in [0.2, 0.25) is 0 Å². The molecule has 0 spiro atoms. The van der Waals surface area contributed by atoms with Crippen molar-refractivity contribution in [2.75, 3.05) is 34.2 Å². The van der Waals surface area contributed by atoms with Crippen LogP contribution >= 0.6 is 0 Å². The molecule has 1 aliphatic carbocycles. The molecule has 1 unspecified atom stereocenters. The predicted molar refractivity (Wildman–Crippen MR) is 66.0 cm³/mol. The summed E-state index contributed by atoms with van der Waals surface area (Å²) in [4.78, 5) is 4.79. The highest BCUT2D eigenvalue weighted by Gasteiger charge is 2.39. The maximum atomic E-state index is 5.97. The van der Waals surface area contributed by atoms with Gasteiger partial charge in [-0.2, -0.15) is 0 Å². The first kappa shape index (κ1) is 12.9. The monoisotopic (exact) mass is 213 g/mol. The third-order valence-corrected chi connectivity index (χ3v) is 3.87. The van der Waals surface area contributed by atoms with E-state index in [0.717, 1.165) is 19.5 Å².